The zero-order chi connectivity index (χ0) is 29.3. The molecule has 0 aromatic heterocycles. The highest BCUT2D eigenvalue weighted by molar-refractivity contribution is 5.84. The first-order valence-electron chi connectivity index (χ1n) is 14.6. The average molecular weight is 573 g/mol. The van der Waals surface area contributed by atoms with Crippen LogP contribution >= 0.6 is 0 Å². The molecule has 0 amide bonds. The van der Waals surface area contributed by atoms with Gasteiger partial charge < -0.3 is 14.8 Å². The summed E-state index contributed by atoms with van der Waals surface area (Å²) in [6, 6.07) is 17.2. The maximum absolute atomic E-state index is 13.4. The van der Waals surface area contributed by atoms with E-state index in [1.54, 1.807) is 0 Å². The lowest BCUT2D eigenvalue weighted by molar-refractivity contribution is -0.137. The number of aromatic nitrogens is 2. The van der Waals surface area contributed by atoms with Crippen LogP contribution in [0.4, 0.5) is 18.9 Å². The summed E-state index contributed by atoms with van der Waals surface area (Å²) in [4.78, 5) is 17.1. The van der Waals surface area contributed by atoms with Gasteiger partial charge in [0.05, 0.1) is 45.1 Å². The average Bonchev–Trinajstić information content (AvgIpc) is 2.97. The second-order valence-electron chi connectivity index (χ2n) is 11.5. The number of allylic oxidation sites excluding steroid dienone is 1. The highest BCUT2D eigenvalue weighted by Gasteiger charge is 2.30. The van der Waals surface area contributed by atoms with Gasteiger partial charge in [-0.3, -0.25) is 9.98 Å². The summed E-state index contributed by atoms with van der Waals surface area (Å²) >= 11 is 0. The summed E-state index contributed by atoms with van der Waals surface area (Å²) < 4.78 is 42.1. The van der Waals surface area contributed by atoms with Crippen LogP contribution in [0.2, 0.25) is 0 Å². The monoisotopic (exact) mass is 572 g/mol. The summed E-state index contributed by atoms with van der Waals surface area (Å²) in [5, 5.41) is 4.38. The Balaban J connectivity index is 1.50. The lowest BCUT2D eigenvalue weighted by Crippen LogP contribution is -2.38. The van der Waals surface area contributed by atoms with Gasteiger partial charge >= 0.3 is 6.18 Å². The van der Waals surface area contributed by atoms with E-state index in [2.05, 4.69) is 29.1 Å². The Morgan fingerprint density at radius 2 is 1.79 bits per heavy atom. The van der Waals surface area contributed by atoms with E-state index in [0.29, 0.717) is 11.6 Å². The van der Waals surface area contributed by atoms with Crippen LogP contribution in [-0.4, -0.2) is 46.3 Å². The molecule has 2 aromatic rings. The Kier molecular flexibility index (Phi) is 7.86. The smallest absolute Gasteiger partial charge is 0.356 e. The number of alkyl halides is 3. The van der Waals surface area contributed by atoms with Crippen molar-refractivity contribution >= 4 is 22.9 Å². The molecule has 0 radical (unpaired) electrons. The normalized spacial score (nSPS) is 17.4. The summed E-state index contributed by atoms with van der Waals surface area (Å²) in [6.07, 6.45) is 3.02. The van der Waals surface area contributed by atoms with Crippen molar-refractivity contribution in [3.05, 3.63) is 83.5 Å². The number of benzene rings is 3. The highest BCUT2D eigenvalue weighted by atomic mass is 19.4. The van der Waals surface area contributed by atoms with Crippen molar-refractivity contribution in [2.45, 2.75) is 51.7 Å². The molecular weight excluding hydrogens is 537 g/mol. The minimum Gasteiger partial charge on any atom is -0.356 e. The predicted molar refractivity (Wildman–Crippen MR) is 162 cm³/mol. The second-order valence-corrected chi connectivity index (χ2v) is 11.5. The molecule has 0 bridgehead atoms. The number of fused-ring (bicyclic) bond motifs is 2. The number of aliphatic imine (C=N–C) groups is 1. The van der Waals surface area contributed by atoms with Gasteiger partial charge in [0.15, 0.2) is 0 Å². The minimum atomic E-state index is -4.40. The molecule has 3 aliphatic heterocycles. The van der Waals surface area contributed by atoms with Gasteiger partial charge in [0.1, 0.15) is 0 Å². The molecule has 4 aliphatic rings. The van der Waals surface area contributed by atoms with Gasteiger partial charge in [-0.2, -0.15) is 13.2 Å². The van der Waals surface area contributed by atoms with Crippen molar-refractivity contribution in [3.8, 4) is 17.1 Å². The van der Waals surface area contributed by atoms with Crippen LogP contribution in [0, 0.1) is 5.92 Å². The molecule has 1 saturated heterocycles. The Hall–Kier alpha value is -3.98. The highest BCUT2D eigenvalue weighted by Crippen LogP contribution is 2.33. The molecule has 1 aliphatic carbocycles. The van der Waals surface area contributed by atoms with Crippen molar-refractivity contribution in [3.63, 3.8) is 0 Å². The zero-order valence-electron chi connectivity index (χ0n) is 23.9. The number of hydrogen-bond acceptors (Lipinski definition) is 5. The Labute approximate surface area is 243 Å². The quantitative estimate of drug-likeness (QED) is 0.247. The van der Waals surface area contributed by atoms with E-state index in [9.17, 15) is 13.2 Å². The van der Waals surface area contributed by atoms with Crippen molar-refractivity contribution in [1.82, 2.24) is 14.5 Å². The fourth-order valence-corrected chi connectivity index (χ4v) is 5.84. The van der Waals surface area contributed by atoms with E-state index in [0.717, 1.165) is 96.6 Å². The largest absolute Gasteiger partial charge is 0.416 e. The van der Waals surface area contributed by atoms with Crippen LogP contribution in [0.1, 0.15) is 45.1 Å². The Bertz CT molecular complexity index is 1660. The van der Waals surface area contributed by atoms with Crippen molar-refractivity contribution in [1.29, 1.82) is 0 Å². The topological polar surface area (TPSA) is 57.8 Å². The molecule has 42 heavy (non-hydrogen) atoms. The fourth-order valence-electron chi connectivity index (χ4n) is 5.84. The van der Waals surface area contributed by atoms with Gasteiger partial charge in [-0.1, -0.05) is 26.0 Å². The minimum absolute atomic E-state index is 0.178. The number of hydrogen-bond donors (Lipinski definition) is 1. The first kappa shape index (κ1) is 28.2. The van der Waals surface area contributed by atoms with Gasteiger partial charge in [0.2, 0.25) is 0 Å². The molecule has 1 fully saturated rings. The van der Waals surface area contributed by atoms with Crippen LogP contribution in [-0.2, 0) is 6.18 Å². The molecule has 0 unspecified atom stereocenters. The van der Waals surface area contributed by atoms with E-state index in [1.807, 2.05) is 53.4 Å². The number of halogens is 3. The first-order valence-corrected chi connectivity index (χ1v) is 14.6. The van der Waals surface area contributed by atoms with Gasteiger partial charge in [-0.15, -0.1) is 0 Å². The molecule has 6 rings (SSSR count). The van der Waals surface area contributed by atoms with Crippen molar-refractivity contribution < 1.29 is 13.2 Å². The van der Waals surface area contributed by atoms with Crippen LogP contribution < -0.4 is 10.7 Å². The van der Waals surface area contributed by atoms with Gasteiger partial charge in [-0.05, 0) is 80.1 Å². The van der Waals surface area contributed by atoms with Crippen molar-refractivity contribution in [2.75, 3.05) is 25.0 Å². The van der Waals surface area contributed by atoms with E-state index in [4.69, 9.17) is 9.98 Å². The molecule has 0 saturated carbocycles. The number of para-hydroxylation sites is 2. The number of anilines is 1. The van der Waals surface area contributed by atoms with Crippen LogP contribution in [0.5, 0.6) is 0 Å². The molecule has 2 aromatic carbocycles. The maximum Gasteiger partial charge on any atom is 0.416 e. The third-order valence-corrected chi connectivity index (χ3v) is 7.83. The van der Waals surface area contributed by atoms with E-state index in [-0.39, 0.29) is 6.04 Å². The summed E-state index contributed by atoms with van der Waals surface area (Å²) in [5.74, 6) is 0.629. The molecule has 0 spiro atoms. The third kappa shape index (κ3) is 6.11. The van der Waals surface area contributed by atoms with E-state index >= 15 is 0 Å². The van der Waals surface area contributed by atoms with Gasteiger partial charge in [0, 0.05) is 43.4 Å². The standard InChI is InChI=1S/C33H35F3N6/c1-22(2)21-41-16-13-24(14-17-41)38-29-19-32-30(18-28(29)39-25-6-5-15-37-20-25)40-27-7-3-4-8-31(27)42(32)26-11-9-23(10-12-26)33(34,35)36/h3-4,7-12,15,18-20,22,24,39H,5-6,13-14,16-17,21H2,1-2H3. The molecule has 9 heteroatoms. The Morgan fingerprint density at radius 3 is 2.48 bits per heavy atom. The van der Waals surface area contributed by atoms with Crippen LogP contribution in [0.3, 0.4) is 0 Å². The SMILES string of the molecule is CC(C)CN1CCC(N=c2cc3n(-c4ccc(C(F)(F)F)cc4)c4ccccc4nc-3cc2NC2=CN=CCC2)CC1. The van der Waals surface area contributed by atoms with E-state index < -0.39 is 11.7 Å². The van der Waals surface area contributed by atoms with Crippen molar-refractivity contribution in [2.24, 2.45) is 15.9 Å². The molecule has 218 valence electrons. The number of piperidine rings is 1. The number of likely N-dealkylation sites (tertiary alicyclic amines) is 1. The molecule has 1 N–H and O–H groups in total. The van der Waals surface area contributed by atoms with Gasteiger partial charge in [0.25, 0.3) is 0 Å². The number of nitrogens with one attached hydrogen (secondary N) is 1. The predicted octanol–water partition coefficient (Wildman–Crippen LogP) is 7.29. The molecule has 3 heterocycles. The summed E-state index contributed by atoms with van der Waals surface area (Å²) in [7, 11) is 0. The first-order chi connectivity index (χ1) is 20.2. The maximum atomic E-state index is 13.4. The fraction of sp³-hybridized carbons (Fsp3) is 0.364. The summed E-state index contributed by atoms with van der Waals surface area (Å²) in [5.41, 5.74) is 4.89. The zero-order valence-corrected chi connectivity index (χ0v) is 23.9. The number of nitrogens with zero attached hydrogens (tertiary/aromatic N) is 5. The third-order valence-electron chi connectivity index (χ3n) is 7.83. The van der Waals surface area contributed by atoms with E-state index in [1.165, 1.54) is 12.1 Å². The van der Waals surface area contributed by atoms with Crippen LogP contribution in [0.15, 0.2) is 82.5 Å². The van der Waals surface area contributed by atoms with Gasteiger partial charge in [-0.25, -0.2) is 4.98 Å². The molecular formula is C33H35F3N6. The molecule has 6 nitrogen and oxygen atoms in total. The Morgan fingerprint density at radius 1 is 1.02 bits per heavy atom. The van der Waals surface area contributed by atoms with Crippen LogP contribution in [0.25, 0.3) is 28.1 Å². The lowest BCUT2D eigenvalue weighted by Gasteiger charge is -2.31. The lowest BCUT2D eigenvalue weighted by atomic mass is 10.0. The number of rotatable bonds is 6. The molecule has 0 atom stereocenters. The second kappa shape index (κ2) is 11.7. The summed E-state index contributed by atoms with van der Waals surface area (Å²) in [6.45, 7) is 7.62.